The van der Waals surface area contributed by atoms with Gasteiger partial charge in [-0.05, 0) is 28.5 Å². The number of nitrogens with two attached hydrogens (primary N) is 1. The van der Waals surface area contributed by atoms with Crippen molar-refractivity contribution < 1.29 is 18.8 Å². The maximum atomic E-state index is 11.4. The van der Waals surface area contributed by atoms with Gasteiger partial charge < -0.3 is 5.32 Å². The molecule has 13 heteroatoms. The number of amides is 1. The van der Waals surface area contributed by atoms with Gasteiger partial charge in [-0.1, -0.05) is 29.4 Å². The Morgan fingerprint density at radius 3 is 2.96 bits per heavy atom. The Morgan fingerprint density at radius 2 is 2.27 bits per heavy atom. The molecule has 1 amide bonds. The molecule has 0 saturated heterocycles. The van der Waals surface area contributed by atoms with Crippen LogP contribution in [0.15, 0.2) is 38.9 Å². The van der Waals surface area contributed by atoms with Gasteiger partial charge in [0.15, 0.2) is 16.6 Å². The van der Waals surface area contributed by atoms with E-state index in [1.165, 1.54) is 11.8 Å². The van der Waals surface area contributed by atoms with E-state index in [2.05, 4.69) is 20.6 Å². The lowest BCUT2D eigenvalue weighted by molar-refractivity contribution is -0.118. The first-order chi connectivity index (χ1) is 12.5. The van der Waals surface area contributed by atoms with Crippen molar-refractivity contribution in [3.05, 3.63) is 35.0 Å². The van der Waals surface area contributed by atoms with E-state index in [0.29, 0.717) is 28.0 Å². The minimum absolute atomic E-state index is 0.0265. The van der Waals surface area contributed by atoms with Gasteiger partial charge in [0.05, 0.1) is 16.7 Å². The molecule has 5 N–H and O–H groups in total. The number of hydroxylamine groups is 1. The third-order valence-corrected chi connectivity index (χ3v) is 4.51. The monoisotopic (exact) mass is 418 g/mol. The summed E-state index contributed by atoms with van der Waals surface area (Å²) in [4.78, 5) is 15.6. The van der Waals surface area contributed by atoms with Crippen LogP contribution >= 0.6 is 23.4 Å². The number of nitrogens with zero attached hydrogens (tertiary/aromatic N) is 3. The second kappa shape index (κ2) is 10.2. The zero-order valence-corrected chi connectivity index (χ0v) is 15.6. The maximum Gasteiger partial charge on any atom is 0.234 e. The number of thioether (sulfide) groups is 1. The first kappa shape index (κ1) is 20.3. The molecule has 0 radical (unpaired) electrons. The van der Waals surface area contributed by atoms with Crippen molar-refractivity contribution in [3.63, 3.8) is 0 Å². The first-order valence-electron chi connectivity index (χ1n) is 7.09. The number of carbonyl (C=O) groups is 1. The molecular weight excluding hydrogens is 404 g/mol. The van der Waals surface area contributed by atoms with E-state index in [9.17, 15) is 14.2 Å². The van der Waals surface area contributed by atoms with Crippen LogP contribution in [0.3, 0.4) is 0 Å². The predicted octanol–water partition coefficient (Wildman–Crippen LogP) is 0.611. The number of hydrogen-bond acceptors (Lipinski definition) is 8. The fraction of sp³-hybridized carbons (Fsp3) is 0.231. The third-order valence-electron chi connectivity index (χ3n) is 2.77. The van der Waals surface area contributed by atoms with Crippen molar-refractivity contribution in [2.24, 2.45) is 10.1 Å². The topological polar surface area (TPSA) is 156 Å². The van der Waals surface area contributed by atoms with Crippen LogP contribution in [0.2, 0.25) is 5.02 Å². The zero-order valence-electron chi connectivity index (χ0n) is 13.2. The second-order valence-electron chi connectivity index (χ2n) is 4.69. The van der Waals surface area contributed by atoms with Crippen molar-refractivity contribution in [3.8, 4) is 0 Å². The van der Waals surface area contributed by atoms with Gasteiger partial charge in [-0.25, -0.2) is 13.8 Å². The summed E-state index contributed by atoms with van der Waals surface area (Å²) in [5, 5.41) is 25.3. The Balaban J connectivity index is 2.00. The SMILES string of the molecule is NS(=O)CC(=O)NCCSc1nonc1C(=Nc1cccc(Cl)c1)NO. The second-order valence-corrected chi connectivity index (χ2v) is 7.26. The molecule has 0 spiro atoms. The molecule has 2 aromatic rings. The van der Waals surface area contributed by atoms with Crippen molar-refractivity contribution in [1.82, 2.24) is 21.1 Å². The highest BCUT2D eigenvalue weighted by Crippen LogP contribution is 2.22. The van der Waals surface area contributed by atoms with Crippen LogP contribution in [-0.4, -0.2) is 49.5 Å². The molecule has 140 valence electrons. The number of benzene rings is 1. The smallest absolute Gasteiger partial charge is 0.234 e. The Hall–Kier alpha value is -1.99. The van der Waals surface area contributed by atoms with Crippen LogP contribution < -0.4 is 15.9 Å². The molecular formula is C13H15ClN6O4S2. The minimum Gasteiger partial charge on any atom is -0.354 e. The summed E-state index contributed by atoms with van der Waals surface area (Å²) in [5.74, 6) is -0.212. The molecule has 1 heterocycles. The minimum atomic E-state index is -1.68. The van der Waals surface area contributed by atoms with Gasteiger partial charge in [-0.2, -0.15) is 0 Å². The molecule has 0 bridgehead atoms. The molecule has 0 aliphatic rings. The quantitative estimate of drug-likeness (QED) is 0.160. The van der Waals surface area contributed by atoms with E-state index in [-0.39, 0.29) is 17.3 Å². The van der Waals surface area contributed by atoms with E-state index in [0.717, 1.165) is 0 Å². The van der Waals surface area contributed by atoms with Crippen LogP contribution in [0.4, 0.5) is 5.69 Å². The van der Waals surface area contributed by atoms with Crippen molar-refractivity contribution >= 4 is 51.8 Å². The summed E-state index contributed by atoms with van der Waals surface area (Å²) in [7, 11) is -1.68. The van der Waals surface area contributed by atoms with E-state index in [4.69, 9.17) is 21.4 Å². The number of carbonyl (C=O) groups excluding carboxylic acids is 1. The third kappa shape index (κ3) is 6.38. The number of halogens is 1. The highest BCUT2D eigenvalue weighted by atomic mass is 35.5. The average molecular weight is 419 g/mol. The Labute approximate surface area is 160 Å². The molecule has 1 atom stereocenters. The summed E-state index contributed by atoms with van der Waals surface area (Å²) < 4.78 is 15.4. The standard InChI is InChI=1S/C13H15ClN6O4S2/c14-8-2-1-3-9(6-8)17-12(18-22)11-13(20-24-19-11)25-5-4-16-10(21)7-26(15)23/h1-3,6,22H,4-5,7,15H2,(H,16,21)(H,17,18). The van der Waals surface area contributed by atoms with Crippen molar-refractivity contribution in [2.75, 3.05) is 18.1 Å². The Kier molecular flexibility index (Phi) is 8.00. The number of amidine groups is 1. The van der Waals surface area contributed by atoms with E-state index < -0.39 is 16.9 Å². The van der Waals surface area contributed by atoms with Gasteiger partial charge in [-0.15, -0.1) is 0 Å². The van der Waals surface area contributed by atoms with E-state index >= 15 is 0 Å². The van der Waals surface area contributed by atoms with Crippen LogP contribution in [0.25, 0.3) is 0 Å². The highest BCUT2D eigenvalue weighted by Gasteiger charge is 2.17. The van der Waals surface area contributed by atoms with Crippen LogP contribution in [0.5, 0.6) is 0 Å². The van der Waals surface area contributed by atoms with Crippen molar-refractivity contribution in [1.29, 1.82) is 0 Å². The van der Waals surface area contributed by atoms with Gasteiger partial charge in [0.25, 0.3) is 0 Å². The van der Waals surface area contributed by atoms with E-state index in [1.807, 2.05) is 5.48 Å². The molecule has 0 aliphatic carbocycles. The van der Waals surface area contributed by atoms with Gasteiger partial charge >= 0.3 is 0 Å². The lowest BCUT2D eigenvalue weighted by Crippen LogP contribution is -2.31. The summed E-state index contributed by atoms with van der Waals surface area (Å²) >= 11 is 7.13. The molecule has 10 nitrogen and oxygen atoms in total. The average Bonchev–Trinajstić information content (AvgIpc) is 3.04. The molecule has 1 aromatic carbocycles. The normalized spacial score (nSPS) is 12.7. The van der Waals surface area contributed by atoms with Crippen LogP contribution in [0.1, 0.15) is 5.69 Å². The van der Waals surface area contributed by atoms with Gasteiger partial charge in [0.2, 0.25) is 5.91 Å². The number of hydrogen-bond donors (Lipinski definition) is 4. The fourth-order valence-electron chi connectivity index (χ4n) is 1.74. The van der Waals surface area contributed by atoms with Crippen molar-refractivity contribution in [2.45, 2.75) is 5.03 Å². The van der Waals surface area contributed by atoms with Gasteiger partial charge in [0.1, 0.15) is 5.75 Å². The molecule has 0 aliphatic heterocycles. The maximum absolute atomic E-state index is 11.4. The summed E-state index contributed by atoms with van der Waals surface area (Å²) in [6.07, 6.45) is 0. The predicted molar refractivity (Wildman–Crippen MR) is 97.8 cm³/mol. The number of nitrogens with one attached hydrogen (secondary N) is 2. The molecule has 26 heavy (non-hydrogen) atoms. The number of rotatable bonds is 8. The Morgan fingerprint density at radius 1 is 1.46 bits per heavy atom. The van der Waals surface area contributed by atoms with Gasteiger partial charge in [-0.3, -0.25) is 20.6 Å². The molecule has 0 saturated carbocycles. The Bertz CT molecular complexity index is 815. The molecule has 0 fully saturated rings. The van der Waals surface area contributed by atoms with Gasteiger partial charge in [0, 0.05) is 17.3 Å². The number of aromatic nitrogens is 2. The molecule has 2 rings (SSSR count). The van der Waals surface area contributed by atoms with Crippen LogP contribution in [0, 0.1) is 0 Å². The lowest BCUT2D eigenvalue weighted by Gasteiger charge is -2.04. The summed E-state index contributed by atoms with van der Waals surface area (Å²) in [5.41, 5.74) is 2.65. The molecule has 1 unspecified atom stereocenters. The molecule has 1 aromatic heterocycles. The number of aliphatic imine (C=N–C) groups is 1. The lowest BCUT2D eigenvalue weighted by atomic mass is 10.3. The zero-order chi connectivity index (χ0) is 18.9. The fourth-order valence-corrected chi connectivity index (χ4v) is 3.04. The summed E-state index contributed by atoms with van der Waals surface area (Å²) in [6, 6.07) is 6.71. The largest absolute Gasteiger partial charge is 0.354 e. The summed E-state index contributed by atoms with van der Waals surface area (Å²) in [6.45, 7) is 0.292. The first-order valence-corrected chi connectivity index (χ1v) is 9.83. The highest BCUT2D eigenvalue weighted by molar-refractivity contribution is 7.99. The van der Waals surface area contributed by atoms with E-state index in [1.54, 1.807) is 24.3 Å². The van der Waals surface area contributed by atoms with Crippen LogP contribution in [-0.2, 0) is 15.8 Å².